The molecule has 11 heteroatoms. The summed E-state index contributed by atoms with van der Waals surface area (Å²) in [7, 11) is 0. The molecule has 4 N–H and O–H groups in total. The van der Waals surface area contributed by atoms with Crippen LogP contribution in [0.3, 0.4) is 0 Å². The van der Waals surface area contributed by atoms with Gasteiger partial charge in [0.05, 0.1) is 11.7 Å². The molecule has 1 fully saturated rings. The van der Waals surface area contributed by atoms with Gasteiger partial charge in [-0.05, 0) is 49.9 Å². The molecule has 186 valence electrons. The summed E-state index contributed by atoms with van der Waals surface area (Å²) in [5.74, 6) is 0.456. The molecule has 0 bridgehead atoms. The molecule has 10 nitrogen and oxygen atoms in total. The van der Waals surface area contributed by atoms with Crippen LogP contribution in [0.4, 0.5) is 16.0 Å². The molecule has 1 amide bonds. The van der Waals surface area contributed by atoms with Gasteiger partial charge in [0.15, 0.2) is 5.65 Å². The van der Waals surface area contributed by atoms with Crippen molar-refractivity contribution in [3.8, 4) is 11.1 Å². The predicted molar refractivity (Wildman–Crippen MR) is 132 cm³/mol. The minimum atomic E-state index is -0.728. The molecule has 0 radical (unpaired) electrons. The largest absolute Gasteiger partial charge is 0.387 e. The second kappa shape index (κ2) is 8.68. The van der Waals surface area contributed by atoms with Gasteiger partial charge in [-0.25, -0.2) is 9.37 Å². The quantitative estimate of drug-likeness (QED) is 0.395. The molecular formula is C25H26FN7O3. The molecule has 1 atom stereocenters. The fourth-order valence-corrected chi connectivity index (χ4v) is 5.41. The van der Waals surface area contributed by atoms with E-state index in [0.717, 1.165) is 11.1 Å². The van der Waals surface area contributed by atoms with Crippen LogP contribution < -0.4 is 10.6 Å². The fraction of sp³-hybridized carbons (Fsp3) is 0.360. The lowest BCUT2D eigenvalue weighted by molar-refractivity contribution is -0.135. The van der Waals surface area contributed by atoms with Gasteiger partial charge in [-0.2, -0.15) is 9.61 Å². The van der Waals surface area contributed by atoms with Crippen molar-refractivity contribution in [2.45, 2.75) is 38.0 Å². The van der Waals surface area contributed by atoms with Crippen molar-refractivity contribution < 1.29 is 19.4 Å². The number of likely N-dealkylation sites (tertiary alicyclic amines) is 1. The molecule has 1 saturated heterocycles. The zero-order chi connectivity index (χ0) is 25.0. The van der Waals surface area contributed by atoms with E-state index in [0.29, 0.717) is 72.5 Å². The summed E-state index contributed by atoms with van der Waals surface area (Å²) in [6.45, 7) is 0.491. The molecule has 2 aliphatic rings. The van der Waals surface area contributed by atoms with E-state index in [9.17, 15) is 19.4 Å². The Morgan fingerprint density at radius 3 is 2.75 bits per heavy atom. The van der Waals surface area contributed by atoms with Crippen LogP contribution in [0.25, 0.3) is 27.7 Å². The highest BCUT2D eigenvalue weighted by molar-refractivity contribution is 5.87. The molecule has 0 saturated carbocycles. The Kier molecular flexibility index (Phi) is 5.45. The van der Waals surface area contributed by atoms with Crippen molar-refractivity contribution in [3.05, 3.63) is 48.0 Å². The number of benzene rings is 1. The van der Waals surface area contributed by atoms with Gasteiger partial charge in [-0.15, -0.1) is 0 Å². The highest BCUT2D eigenvalue weighted by Crippen LogP contribution is 2.38. The number of nitrogens with zero attached hydrogens (tertiary/aromatic N) is 6. The standard InChI is InChI=1S/C25H26FN7O3/c26-16-1-3-20-14(10-16)9-15(11-28-20)19-12-29-33-23(27)18-2-4-21(35)32(24(18)30-25(19)33)17-5-7-31(8-6-17)22(36)13-34/h1,3,9-12,17,21,34-35H,2,4-8,13,27H2. The number of nitrogen functional groups attached to an aromatic ring is 1. The van der Waals surface area contributed by atoms with Gasteiger partial charge in [0.1, 0.15) is 30.3 Å². The number of aromatic nitrogens is 4. The minimum Gasteiger partial charge on any atom is -0.387 e. The lowest BCUT2D eigenvalue weighted by Gasteiger charge is -2.44. The normalized spacial score (nSPS) is 18.7. The van der Waals surface area contributed by atoms with E-state index < -0.39 is 12.8 Å². The number of fused-ring (bicyclic) bond motifs is 3. The Bertz CT molecular complexity index is 1480. The maximum Gasteiger partial charge on any atom is 0.248 e. The number of amides is 1. The topological polar surface area (TPSA) is 133 Å². The van der Waals surface area contributed by atoms with Gasteiger partial charge in [0, 0.05) is 47.4 Å². The molecule has 5 heterocycles. The Morgan fingerprint density at radius 2 is 1.97 bits per heavy atom. The zero-order valence-electron chi connectivity index (χ0n) is 19.5. The maximum atomic E-state index is 13.8. The Morgan fingerprint density at radius 1 is 1.17 bits per heavy atom. The van der Waals surface area contributed by atoms with Gasteiger partial charge in [0.2, 0.25) is 5.91 Å². The van der Waals surface area contributed by atoms with Crippen molar-refractivity contribution in [2.75, 3.05) is 30.3 Å². The van der Waals surface area contributed by atoms with Gasteiger partial charge in [-0.1, -0.05) is 0 Å². The highest BCUT2D eigenvalue weighted by atomic mass is 19.1. The number of aliphatic hydroxyl groups excluding tert-OH is 2. The van der Waals surface area contributed by atoms with E-state index in [-0.39, 0.29) is 17.8 Å². The molecule has 0 spiro atoms. The lowest BCUT2D eigenvalue weighted by Crippen LogP contribution is -2.52. The molecular weight excluding hydrogens is 465 g/mol. The van der Waals surface area contributed by atoms with Crippen LogP contribution >= 0.6 is 0 Å². The number of hydrogen-bond acceptors (Lipinski definition) is 8. The Labute approximate surface area is 205 Å². The van der Waals surface area contributed by atoms with E-state index in [2.05, 4.69) is 10.1 Å². The number of carbonyl (C=O) groups excluding carboxylic acids is 1. The van der Waals surface area contributed by atoms with Gasteiger partial charge in [0.25, 0.3) is 0 Å². The van der Waals surface area contributed by atoms with E-state index in [1.165, 1.54) is 12.1 Å². The van der Waals surface area contributed by atoms with E-state index in [1.54, 1.807) is 27.9 Å². The predicted octanol–water partition coefficient (Wildman–Crippen LogP) is 1.72. The first-order chi connectivity index (χ1) is 17.4. The number of piperidine rings is 1. The second-order valence-electron chi connectivity index (χ2n) is 9.35. The van der Waals surface area contributed by atoms with Crippen LogP contribution in [0.15, 0.2) is 36.7 Å². The zero-order valence-corrected chi connectivity index (χ0v) is 19.5. The summed E-state index contributed by atoms with van der Waals surface area (Å²) < 4.78 is 15.4. The average molecular weight is 492 g/mol. The summed E-state index contributed by atoms with van der Waals surface area (Å²) in [6.07, 6.45) is 5.00. The molecule has 1 aromatic carbocycles. The lowest BCUT2D eigenvalue weighted by atomic mass is 9.97. The van der Waals surface area contributed by atoms with Gasteiger partial charge in [-0.3, -0.25) is 9.78 Å². The third kappa shape index (κ3) is 3.62. The number of rotatable bonds is 3. The molecule has 6 rings (SSSR count). The SMILES string of the molecule is Nc1c2c(nc3c(-c4cnc5ccc(F)cc5c4)cnn13)N(C1CCN(C(=O)CO)CC1)C(O)CC2. The van der Waals surface area contributed by atoms with Crippen LogP contribution in [0.2, 0.25) is 0 Å². The van der Waals surface area contributed by atoms with Crippen molar-refractivity contribution in [1.29, 1.82) is 0 Å². The number of nitrogens with two attached hydrogens (primary N) is 1. The van der Waals surface area contributed by atoms with Crippen molar-refractivity contribution in [2.24, 2.45) is 0 Å². The summed E-state index contributed by atoms with van der Waals surface area (Å²) >= 11 is 0. The van der Waals surface area contributed by atoms with Crippen molar-refractivity contribution in [1.82, 2.24) is 24.5 Å². The number of halogens is 1. The highest BCUT2D eigenvalue weighted by Gasteiger charge is 2.36. The first-order valence-electron chi connectivity index (χ1n) is 12.0. The van der Waals surface area contributed by atoms with E-state index in [4.69, 9.17) is 10.7 Å². The number of hydrogen-bond donors (Lipinski definition) is 3. The summed E-state index contributed by atoms with van der Waals surface area (Å²) in [6, 6.07) is 6.26. The van der Waals surface area contributed by atoms with Crippen LogP contribution in [0.5, 0.6) is 0 Å². The van der Waals surface area contributed by atoms with Gasteiger partial charge >= 0.3 is 0 Å². The maximum absolute atomic E-state index is 13.8. The number of anilines is 2. The monoisotopic (exact) mass is 491 g/mol. The molecule has 36 heavy (non-hydrogen) atoms. The van der Waals surface area contributed by atoms with Crippen LogP contribution in [0.1, 0.15) is 24.8 Å². The first-order valence-corrected chi connectivity index (χ1v) is 12.0. The van der Waals surface area contributed by atoms with Crippen LogP contribution in [-0.2, 0) is 11.2 Å². The minimum absolute atomic E-state index is 0.0344. The first kappa shape index (κ1) is 22.6. The third-order valence-electron chi connectivity index (χ3n) is 7.28. The second-order valence-corrected chi connectivity index (χ2v) is 9.35. The third-order valence-corrected chi connectivity index (χ3v) is 7.28. The Balaban J connectivity index is 1.42. The molecule has 4 aromatic rings. The molecule has 2 aliphatic heterocycles. The smallest absolute Gasteiger partial charge is 0.248 e. The number of aliphatic hydroxyl groups is 2. The van der Waals surface area contributed by atoms with Gasteiger partial charge < -0.3 is 25.7 Å². The van der Waals surface area contributed by atoms with Crippen LogP contribution in [0, 0.1) is 5.82 Å². The summed E-state index contributed by atoms with van der Waals surface area (Å²) in [5.41, 5.74) is 10.0. The molecule has 0 aliphatic carbocycles. The number of carbonyl (C=O) groups is 1. The fourth-order valence-electron chi connectivity index (χ4n) is 5.41. The van der Waals surface area contributed by atoms with Crippen molar-refractivity contribution >= 4 is 34.1 Å². The summed E-state index contributed by atoms with van der Waals surface area (Å²) in [4.78, 5) is 24.9. The van der Waals surface area contributed by atoms with Crippen molar-refractivity contribution in [3.63, 3.8) is 0 Å². The van der Waals surface area contributed by atoms with E-state index >= 15 is 0 Å². The van der Waals surface area contributed by atoms with E-state index in [1.807, 2.05) is 11.0 Å². The molecule has 3 aromatic heterocycles. The number of pyridine rings is 1. The summed E-state index contributed by atoms with van der Waals surface area (Å²) in [5, 5.41) is 25.3. The molecule has 1 unspecified atom stereocenters. The Hall–Kier alpha value is -3.83. The van der Waals surface area contributed by atoms with Crippen LogP contribution in [-0.4, -0.2) is 72.6 Å². The average Bonchev–Trinajstić information content (AvgIpc) is 3.32.